The Balaban J connectivity index is 1.97. The molecule has 0 N–H and O–H groups in total. The lowest BCUT2D eigenvalue weighted by atomic mass is 10.1. The minimum Gasteiger partial charge on any atom is -0.497 e. The lowest BCUT2D eigenvalue weighted by Gasteiger charge is -2.10. The number of methoxy groups -OCH3 is 2. The predicted molar refractivity (Wildman–Crippen MR) is 92.7 cm³/mol. The zero-order valence-electron chi connectivity index (χ0n) is 13.4. The summed E-state index contributed by atoms with van der Waals surface area (Å²) in [5.41, 5.74) is 1.13. The molecule has 0 amide bonds. The fraction of sp³-hybridized carbons (Fsp3) is 0.222. The molecule has 2 aromatic rings. The van der Waals surface area contributed by atoms with E-state index < -0.39 is 5.97 Å². The largest absolute Gasteiger partial charge is 0.497 e. The molecule has 0 radical (unpaired) electrons. The number of ether oxygens (including phenoxy) is 3. The molecule has 0 saturated heterocycles. The van der Waals surface area contributed by atoms with E-state index in [2.05, 4.69) is 15.9 Å². The summed E-state index contributed by atoms with van der Waals surface area (Å²) in [4.78, 5) is 24.1. The topological polar surface area (TPSA) is 61.8 Å². The van der Waals surface area contributed by atoms with Crippen molar-refractivity contribution in [2.75, 3.05) is 20.8 Å². The third kappa shape index (κ3) is 4.83. The molecule has 0 heterocycles. The molecule has 0 aliphatic carbocycles. The summed E-state index contributed by atoms with van der Waals surface area (Å²) < 4.78 is 16.3. The lowest BCUT2D eigenvalue weighted by Crippen LogP contribution is -2.16. The number of rotatable bonds is 7. The fourth-order valence-corrected chi connectivity index (χ4v) is 2.34. The fourth-order valence-electron chi connectivity index (χ4n) is 2.08. The van der Waals surface area contributed by atoms with Crippen LogP contribution in [-0.2, 0) is 16.0 Å². The van der Waals surface area contributed by atoms with E-state index in [4.69, 9.17) is 14.2 Å². The molecule has 0 aliphatic heterocycles. The maximum atomic E-state index is 12.3. The number of carbonyl (C=O) groups is 2. The van der Waals surface area contributed by atoms with Gasteiger partial charge in [-0.1, -0.05) is 28.1 Å². The van der Waals surface area contributed by atoms with E-state index in [1.807, 2.05) is 24.3 Å². The first-order valence-electron chi connectivity index (χ1n) is 7.18. The summed E-state index contributed by atoms with van der Waals surface area (Å²) in [7, 11) is 2.98. The number of hydrogen-bond donors (Lipinski definition) is 0. The maximum absolute atomic E-state index is 12.3. The molecule has 6 heteroatoms. The van der Waals surface area contributed by atoms with Gasteiger partial charge >= 0.3 is 5.97 Å². The average molecular weight is 393 g/mol. The highest BCUT2D eigenvalue weighted by Crippen LogP contribution is 2.24. The molecule has 0 aromatic heterocycles. The van der Waals surface area contributed by atoms with Crippen molar-refractivity contribution in [3.63, 3.8) is 0 Å². The molecule has 24 heavy (non-hydrogen) atoms. The van der Waals surface area contributed by atoms with Gasteiger partial charge < -0.3 is 14.2 Å². The molecule has 0 unspecified atom stereocenters. The Morgan fingerprint density at radius 3 is 2.33 bits per heavy atom. The Hall–Kier alpha value is -2.34. The minimum absolute atomic E-state index is 0.107. The summed E-state index contributed by atoms with van der Waals surface area (Å²) in [5.74, 6) is 0.118. The van der Waals surface area contributed by atoms with Crippen LogP contribution in [0.15, 0.2) is 46.9 Å². The average Bonchev–Trinajstić information content (AvgIpc) is 2.61. The Morgan fingerprint density at radius 2 is 1.71 bits per heavy atom. The zero-order valence-corrected chi connectivity index (χ0v) is 15.0. The summed E-state index contributed by atoms with van der Waals surface area (Å²) in [6.07, 6.45) is 0.107. The van der Waals surface area contributed by atoms with Crippen LogP contribution in [0.5, 0.6) is 11.5 Å². The van der Waals surface area contributed by atoms with Gasteiger partial charge in [0.1, 0.15) is 11.5 Å². The second-order valence-electron chi connectivity index (χ2n) is 4.95. The second kappa shape index (κ2) is 8.49. The van der Waals surface area contributed by atoms with Crippen molar-refractivity contribution in [2.24, 2.45) is 0 Å². The third-order valence-electron chi connectivity index (χ3n) is 3.33. The molecule has 0 atom stereocenters. The number of ketones is 1. The highest BCUT2D eigenvalue weighted by molar-refractivity contribution is 9.10. The van der Waals surface area contributed by atoms with E-state index in [9.17, 15) is 9.59 Å². The SMILES string of the molecule is COc1ccc(OC)c(C(=O)COC(=O)Cc2ccc(Br)cc2)c1. The third-order valence-corrected chi connectivity index (χ3v) is 3.86. The second-order valence-corrected chi connectivity index (χ2v) is 5.87. The highest BCUT2D eigenvalue weighted by atomic mass is 79.9. The number of carbonyl (C=O) groups excluding carboxylic acids is 2. The van der Waals surface area contributed by atoms with Gasteiger partial charge in [0.05, 0.1) is 26.2 Å². The number of benzene rings is 2. The number of esters is 1. The summed E-state index contributed by atoms with van der Waals surface area (Å²) in [6.45, 7) is -0.348. The van der Waals surface area contributed by atoms with Crippen molar-refractivity contribution in [3.05, 3.63) is 58.1 Å². The van der Waals surface area contributed by atoms with E-state index in [0.717, 1.165) is 10.0 Å². The van der Waals surface area contributed by atoms with Gasteiger partial charge in [0.2, 0.25) is 5.78 Å². The summed E-state index contributed by atoms with van der Waals surface area (Å²) >= 11 is 3.33. The molecule has 0 saturated carbocycles. The van der Waals surface area contributed by atoms with Crippen molar-refractivity contribution >= 4 is 27.7 Å². The Labute approximate surface area is 148 Å². The van der Waals surface area contributed by atoms with Gasteiger partial charge in [0, 0.05) is 4.47 Å². The van der Waals surface area contributed by atoms with Crippen LogP contribution in [0, 0.1) is 0 Å². The molecule has 5 nitrogen and oxygen atoms in total. The molecule has 2 rings (SSSR count). The van der Waals surface area contributed by atoms with E-state index >= 15 is 0 Å². The standard InChI is InChI=1S/C18H17BrO5/c1-22-14-7-8-17(23-2)15(10-14)16(20)11-24-18(21)9-12-3-5-13(19)6-4-12/h3-8,10H,9,11H2,1-2H3. The lowest BCUT2D eigenvalue weighted by molar-refractivity contribution is -0.141. The molecule has 0 fully saturated rings. The van der Waals surface area contributed by atoms with Crippen LogP contribution >= 0.6 is 15.9 Å². The first-order valence-corrected chi connectivity index (χ1v) is 7.98. The Kier molecular flexibility index (Phi) is 6.37. The van der Waals surface area contributed by atoms with Crippen molar-refractivity contribution in [3.8, 4) is 11.5 Å². The van der Waals surface area contributed by atoms with Crippen molar-refractivity contribution in [1.82, 2.24) is 0 Å². The van der Waals surface area contributed by atoms with Crippen LogP contribution in [0.3, 0.4) is 0 Å². The normalized spacial score (nSPS) is 10.1. The first kappa shape index (κ1) is 18.0. The Morgan fingerprint density at radius 1 is 1.00 bits per heavy atom. The molecule has 0 bridgehead atoms. The first-order chi connectivity index (χ1) is 11.5. The van der Waals surface area contributed by atoms with Gasteiger partial charge in [-0.3, -0.25) is 9.59 Å². The minimum atomic E-state index is -0.465. The van der Waals surface area contributed by atoms with Crippen molar-refractivity contribution in [1.29, 1.82) is 0 Å². The molecule has 0 aliphatic rings. The quantitative estimate of drug-likeness (QED) is 0.533. The van der Waals surface area contributed by atoms with Crippen LogP contribution in [0.4, 0.5) is 0 Å². The van der Waals surface area contributed by atoms with E-state index in [-0.39, 0.29) is 18.8 Å². The van der Waals surface area contributed by atoms with Gasteiger partial charge in [-0.05, 0) is 35.9 Å². The zero-order chi connectivity index (χ0) is 17.5. The van der Waals surface area contributed by atoms with E-state index in [1.165, 1.54) is 14.2 Å². The van der Waals surface area contributed by atoms with Gasteiger partial charge in [-0.15, -0.1) is 0 Å². The molecule has 126 valence electrons. The van der Waals surface area contributed by atoms with Crippen molar-refractivity contribution < 1.29 is 23.8 Å². The van der Waals surface area contributed by atoms with Gasteiger partial charge in [0.15, 0.2) is 6.61 Å². The maximum Gasteiger partial charge on any atom is 0.310 e. The summed E-state index contributed by atoms with van der Waals surface area (Å²) in [6, 6.07) is 12.2. The Bertz CT molecular complexity index is 725. The van der Waals surface area contributed by atoms with Gasteiger partial charge in [-0.2, -0.15) is 0 Å². The predicted octanol–water partition coefficient (Wildman–Crippen LogP) is 3.43. The van der Waals surface area contributed by atoms with Gasteiger partial charge in [0.25, 0.3) is 0 Å². The van der Waals surface area contributed by atoms with Crippen LogP contribution in [0.1, 0.15) is 15.9 Å². The highest BCUT2D eigenvalue weighted by Gasteiger charge is 2.16. The van der Waals surface area contributed by atoms with E-state index in [0.29, 0.717) is 17.1 Å². The van der Waals surface area contributed by atoms with Crippen LogP contribution in [0.2, 0.25) is 0 Å². The monoisotopic (exact) mass is 392 g/mol. The number of Topliss-reactive ketones (excluding diaryl/α,β-unsaturated/α-hetero) is 1. The molecule has 2 aromatic carbocycles. The molecule has 0 spiro atoms. The number of halogens is 1. The summed E-state index contributed by atoms with van der Waals surface area (Å²) in [5, 5.41) is 0. The molecular weight excluding hydrogens is 376 g/mol. The van der Waals surface area contributed by atoms with Crippen LogP contribution in [0.25, 0.3) is 0 Å². The van der Waals surface area contributed by atoms with Crippen LogP contribution < -0.4 is 9.47 Å². The van der Waals surface area contributed by atoms with Gasteiger partial charge in [-0.25, -0.2) is 0 Å². The number of hydrogen-bond acceptors (Lipinski definition) is 5. The van der Waals surface area contributed by atoms with Crippen LogP contribution in [-0.4, -0.2) is 32.6 Å². The molecular formula is C18H17BrO5. The van der Waals surface area contributed by atoms with E-state index in [1.54, 1.807) is 18.2 Å². The van der Waals surface area contributed by atoms with Crippen molar-refractivity contribution in [2.45, 2.75) is 6.42 Å². The smallest absolute Gasteiger partial charge is 0.310 e.